The summed E-state index contributed by atoms with van der Waals surface area (Å²) in [5.74, 6) is -0.606. The quantitative estimate of drug-likeness (QED) is 0.610. The number of aromatic nitrogens is 2. The number of nitrogens with one attached hydrogen (secondary N) is 1. The summed E-state index contributed by atoms with van der Waals surface area (Å²) in [7, 11) is 0. The van der Waals surface area contributed by atoms with E-state index in [9.17, 15) is 20.1 Å². The number of aromatic hydroxyl groups is 3. The van der Waals surface area contributed by atoms with Gasteiger partial charge >= 0.3 is 0 Å². The third-order valence-electron chi connectivity index (χ3n) is 3.88. The lowest BCUT2D eigenvalue weighted by Crippen LogP contribution is -2.35. The van der Waals surface area contributed by atoms with Crippen molar-refractivity contribution in [3.05, 3.63) is 45.1 Å². The number of nitrogens with zero attached hydrogens (tertiary/aromatic N) is 2. The molecule has 2 aromatic rings. The van der Waals surface area contributed by atoms with Gasteiger partial charge in [0.25, 0.3) is 5.56 Å². The fraction of sp³-hybridized carbons (Fsp3) is 0.333. The summed E-state index contributed by atoms with van der Waals surface area (Å²) in [5.41, 5.74) is 1.88. The molecule has 0 radical (unpaired) electrons. The lowest BCUT2D eigenvalue weighted by Gasteiger charge is -2.27. The second-order valence-corrected chi connectivity index (χ2v) is 5.48. The highest BCUT2D eigenvalue weighted by molar-refractivity contribution is 5.53. The van der Waals surface area contributed by atoms with Crippen molar-refractivity contribution in [1.82, 2.24) is 14.9 Å². The van der Waals surface area contributed by atoms with E-state index in [0.29, 0.717) is 43.0 Å². The number of phenolic OH excluding ortho intramolecular Hbond substituents is 3. The Hall–Kier alpha value is -2.54. The predicted molar refractivity (Wildman–Crippen MR) is 78.8 cm³/mol. The van der Waals surface area contributed by atoms with Crippen LogP contribution >= 0.6 is 0 Å². The van der Waals surface area contributed by atoms with E-state index in [4.69, 9.17) is 0 Å². The summed E-state index contributed by atoms with van der Waals surface area (Å²) < 4.78 is 0. The highest BCUT2D eigenvalue weighted by Gasteiger charge is 2.22. The molecule has 116 valence electrons. The monoisotopic (exact) mass is 303 g/mol. The first-order chi connectivity index (χ1) is 10.5. The Kier molecular flexibility index (Phi) is 3.50. The zero-order valence-corrected chi connectivity index (χ0v) is 12.1. The molecule has 0 amide bonds. The van der Waals surface area contributed by atoms with E-state index in [0.717, 1.165) is 5.69 Å². The van der Waals surface area contributed by atoms with Crippen LogP contribution in [0.5, 0.6) is 17.2 Å². The lowest BCUT2D eigenvalue weighted by molar-refractivity contribution is 0.236. The largest absolute Gasteiger partial charge is 0.504 e. The van der Waals surface area contributed by atoms with Crippen LogP contribution in [0.15, 0.2) is 16.9 Å². The number of aryl methyl sites for hydroxylation is 1. The number of H-pyrrole nitrogens is 1. The maximum Gasteiger partial charge on any atom is 0.254 e. The summed E-state index contributed by atoms with van der Waals surface area (Å²) in [5, 5.41) is 28.8. The van der Waals surface area contributed by atoms with Gasteiger partial charge in [-0.1, -0.05) is 6.07 Å². The van der Waals surface area contributed by atoms with Gasteiger partial charge in [-0.25, -0.2) is 4.98 Å². The molecule has 2 heterocycles. The highest BCUT2D eigenvalue weighted by atomic mass is 16.3. The van der Waals surface area contributed by atoms with Gasteiger partial charge in [0.05, 0.1) is 5.69 Å². The molecule has 0 atom stereocenters. The van der Waals surface area contributed by atoms with Crippen molar-refractivity contribution in [3.8, 4) is 17.2 Å². The number of rotatable bonds is 2. The summed E-state index contributed by atoms with van der Waals surface area (Å²) in [6.45, 7) is 3.29. The normalized spacial score (nSPS) is 14.8. The smallest absolute Gasteiger partial charge is 0.254 e. The molecule has 0 saturated carbocycles. The van der Waals surface area contributed by atoms with Crippen molar-refractivity contribution < 1.29 is 15.3 Å². The number of fused-ring (bicyclic) bond motifs is 1. The van der Waals surface area contributed by atoms with E-state index in [1.807, 2.05) is 4.90 Å². The molecule has 4 N–H and O–H groups in total. The van der Waals surface area contributed by atoms with Crippen LogP contribution in [0.1, 0.15) is 22.6 Å². The van der Waals surface area contributed by atoms with E-state index in [2.05, 4.69) is 9.97 Å². The van der Waals surface area contributed by atoms with Crippen LogP contribution in [0.25, 0.3) is 0 Å². The van der Waals surface area contributed by atoms with Gasteiger partial charge < -0.3 is 20.3 Å². The third kappa shape index (κ3) is 2.50. The van der Waals surface area contributed by atoms with Gasteiger partial charge in [-0.15, -0.1) is 0 Å². The van der Waals surface area contributed by atoms with Gasteiger partial charge in [-0.2, -0.15) is 0 Å². The third-order valence-corrected chi connectivity index (χ3v) is 3.88. The lowest BCUT2D eigenvalue weighted by atomic mass is 10.0. The van der Waals surface area contributed by atoms with E-state index >= 15 is 0 Å². The maximum absolute atomic E-state index is 11.9. The molecule has 1 aliphatic rings. The molecule has 0 spiro atoms. The van der Waals surface area contributed by atoms with Crippen LogP contribution in [0, 0.1) is 6.92 Å². The van der Waals surface area contributed by atoms with Gasteiger partial charge in [-0.3, -0.25) is 9.69 Å². The standard InChI is InChI=1S/C15H17N3O4/c1-8-16-11-7-18(5-4-10(11)15(22)17-8)6-9-2-3-12(19)14(21)13(9)20/h2-3,19-21H,4-7H2,1H3,(H,16,17,22). The van der Waals surface area contributed by atoms with Gasteiger partial charge in [0, 0.05) is 30.8 Å². The zero-order valence-electron chi connectivity index (χ0n) is 12.1. The molecule has 0 aliphatic carbocycles. The van der Waals surface area contributed by atoms with Crippen molar-refractivity contribution in [2.24, 2.45) is 0 Å². The Labute approximate surface area is 126 Å². The zero-order chi connectivity index (χ0) is 15.9. The van der Waals surface area contributed by atoms with Crippen LogP contribution in [0.2, 0.25) is 0 Å². The Morgan fingerprint density at radius 1 is 1.27 bits per heavy atom. The van der Waals surface area contributed by atoms with Gasteiger partial charge in [0.2, 0.25) is 5.75 Å². The first-order valence-electron chi connectivity index (χ1n) is 6.99. The van der Waals surface area contributed by atoms with E-state index in [1.54, 1.807) is 13.0 Å². The van der Waals surface area contributed by atoms with Crippen molar-refractivity contribution in [2.45, 2.75) is 26.4 Å². The second-order valence-electron chi connectivity index (χ2n) is 5.48. The average Bonchev–Trinajstić information content (AvgIpc) is 2.47. The molecule has 1 aromatic carbocycles. The maximum atomic E-state index is 11.9. The first kappa shape index (κ1) is 14.4. The minimum Gasteiger partial charge on any atom is -0.504 e. The second kappa shape index (κ2) is 5.34. The number of aromatic amines is 1. The first-order valence-corrected chi connectivity index (χ1v) is 6.99. The highest BCUT2D eigenvalue weighted by Crippen LogP contribution is 2.37. The number of hydrogen-bond acceptors (Lipinski definition) is 6. The summed E-state index contributed by atoms with van der Waals surface area (Å²) in [6.07, 6.45) is 0.586. The topological polar surface area (TPSA) is 110 Å². The van der Waals surface area contributed by atoms with Crippen LogP contribution in [-0.2, 0) is 19.5 Å². The molecule has 1 aromatic heterocycles. The van der Waals surface area contributed by atoms with Crippen LogP contribution in [0.4, 0.5) is 0 Å². The molecule has 0 unspecified atom stereocenters. The minimum atomic E-state index is -0.514. The molecule has 1 aliphatic heterocycles. The number of hydrogen-bond donors (Lipinski definition) is 4. The Morgan fingerprint density at radius 3 is 2.82 bits per heavy atom. The van der Waals surface area contributed by atoms with Gasteiger partial charge in [-0.05, 0) is 19.4 Å². The molecule has 7 heteroatoms. The summed E-state index contributed by atoms with van der Waals surface area (Å²) >= 11 is 0. The van der Waals surface area contributed by atoms with Crippen LogP contribution in [0.3, 0.4) is 0 Å². The molecule has 22 heavy (non-hydrogen) atoms. The molecule has 0 fully saturated rings. The molecule has 3 rings (SSSR count). The molecular formula is C15H17N3O4. The predicted octanol–water partition coefficient (Wildman–Crippen LogP) is 0.753. The molecular weight excluding hydrogens is 286 g/mol. The summed E-state index contributed by atoms with van der Waals surface area (Å²) in [4.78, 5) is 21.0. The Balaban J connectivity index is 1.84. The van der Waals surface area contributed by atoms with Crippen molar-refractivity contribution in [2.75, 3.05) is 6.54 Å². The molecule has 0 saturated heterocycles. The van der Waals surface area contributed by atoms with E-state index in [1.165, 1.54) is 6.07 Å². The van der Waals surface area contributed by atoms with E-state index < -0.39 is 5.75 Å². The Bertz CT molecular complexity index is 785. The number of benzene rings is 1. The minimum absolute atomic E-state index is 0.0905. The van der Waals surface area contributed by atoms with Crippen molar-refractivity contribution >= 4 is 0 Å². The van der Waals surface area contributed by atoms with Crippen LogP contribution < -0.4 is 5.56 Å². The number of phenols is 3. The fourth-order valence-electron chi connectivity index (χ4n) is 2.73. The molecule has 0 bridgehead atoms. The van der Waals surface area contributed by atoms with Crippen molar-refractivity contribution in [1.29, 1.82) is 0 Å². The van der Waals surface area contributed by atoms with Gasteiger partial charge in [0.15, 0.2) is 11.5 Å². The SMILES string of the molecule is Cc1nc2c(c(=O)[nH]1)CCN(Cc1ccc(O)c(O)c1O)C2. The van der Waals surface area contributed by atoms with Gasteiger partial charge in [0.1, 0.15) is 5.82 Å². The fourth-order valence-corrected chi connectivity index (χ4v) is 2.73. The molecule has 7 nitrogen and oxygen atoms in total. The van der Waals surface area contributed by atoms with E-state index in [-0.39, 0.29) is 17.1 Å². The van der Waals surface area contributed by atoms with Crippen molar-refractivity contribution in [3.63, 3.8) is 0 Å². The average molecular weight is 303 g/mol. The Morgan fingerprint density at radius 2 is 2.05 bits per heavy atom. The van der Waals surface area contributed by atoms with Crippen LogP contribution in [-0.4, -0.2) is 36.7 Å². The summed E-state index contributed by atoms with van der Waals surface area (Å²) in [6, 6.07) is 2.91.